The summed E-state index contributed by atoms with van der Waals surface area (Å²) in [6.45, 7) is 2.47. The Labute approximate surface area is 126 Å². The normalized spacial score (nSPS) is 21.6. The number of imide groups is 1. The summed E-state index contributed by atoms with van der Waals surface area (Å²) in [6, 6.07) is 7.26. The summed E-state index contributed by atoms with van der Waals surface area (Å²) in [7, 11) is 0. The minimum Gasteiger partial charge on any atom is -0.329 e. The van der Waals surface area contributed by atoms with Crippen LogP contribution < -0.4 is 11.1 Å². The molecule has 0 radical (unpaired) electrons. The molecule has 2 atom stereocenters. The van der Waals surface area contributed by atoms with Crippen molar-refractivity contribution < 1.29 is 9.59 Å². The molecule has 0 saturated carbocycles. The zero-order valence-electron chi connectivity index (χ0n) is 11.3. The monoisotopic (exact) mass is 339 g/mol. The maximum absolute atomic E-state index is 12.0. The van der Waals surface area contributed by atoms with E-state index in [0.29, 0.717) is 13.0 Å². The molecule has 0 spiro atoms. The quantitative estimate of drug-likeness (QED) is 0.808. The van der Waals surface area contributed by atoms with Crippen LogP contribution in [-0.4, -0.2) is 35.8 Å². The summed E-state index contributed by atoms with van der Waals surface area (Å²) in [5.41, 5.74) is 6.90. The molecule has 3 N–H and O–H groups in total. The number of halogens is 1. The number of amides is 2. The molecule has 5 nitrogen and oxygen atoms in total. The minimum atomic E-state index is -0.326. The summed E-state index contributed by atoms with van der Waals surface area (Å²) >= 11 is 3.51. The molecule has 0 bridgehead atoms. The van der Waals surface area contributed by atoms with Crippen LogP contribution in [0.2, 0.25) is 0 Å². The van der Waals surface area contributed by atoms with Gasteiger partial charge in [0, 0.05) is 17.1 Å². The van der Waals surface area contributed by atoms with Gasteiger partial charge in [-0.2, -0.15) is 0 Å². The third-order valence-electron chi connectivity index (χ3n) is 3.57. The summed E-state index contributed by atoms with van der Waals surface area (Å²) in [4.78, 5) is 25.5. The van der Waals surface area contributed by atoms with E-state index in [0.717, 1.165) is 10.0 Å². The molecule has 1 aromatic rings. The lowest BCUT2D eigenvalue weighted by molar-refractivity contribution is -0.141. The van der Waals surface area contributed by atoms with Crippen LogP contribution in [0.1, 0.15) is 24.9 Å². The molecule has 1 aliphatic heterocycles. The van der Waals surface area contributed by atoms with E-state index in [1.165, 1.54) is 0 Å². The first kappa shape index (κ1) is 15.2. The number of nitrogens with zero attached hydrogens (tertiary/aromatic N) is 1. The van der Waals surface area contributed by atoms with E-state index in [9.17, 15) is 9.59 Å². The van der Waals surface area contributed by atoms with Crippen LogP contribution in [0.3, 0.4) is 0 Å². The molecule has 1 fully saturated rings. The zero-order valence-corrected chi connectivity index (χ0v) is 12.9. The third kappa shape index (κ3) is 2.92. The molecule has 1 saturated heterocycles. The number of hydrogen-bond donors (Lipinski definition) is 2. The summed E-state index contributed by atoms with van der Waals surface area (Å²) in [5, 5.41) is 2.38. The van der Waals surface area contributed by atoms with Crippen molar-refractivity contribution in [1.29, 1.82) is 0 Å². The average molecular weight is 340 g/mol. The second-order valence-corrected chi connectivity index (χ2v) is 5.64. The van der Waals surface area contributed by atoms with Gasteiger partial charge in [0.2, 0.25) is 11.8 Å². The molecule has 6 heteroatoms. The highest BCUT2D eigenvalue weighted by Gasteiger charge is 2.37. The number of hydrogen-bond acceptors (Lipinski definition) is 4. The van der Waals surface area contributed by atoms with Gasteiger partial charge in [0.15, 0.2) is 0 Å². The fourth-order valence-electron chi connectivity index (χ4n) is 2.62. The summed E-state index contributed by atoms with van der Waals surface area (Å²) in [6.07, 6.45) is 0.639. The number of rotatable bonds is 4. The van der Waals surface area contributed by atoms with Gasteiger partial charge in [-0.05, 0) is 18.1 Å². The van der Waals surface area contributed by atoms with Crippen LogP contribution in [0.4, 0.5) is 0 Å². The molecule has 1 heterocycles. The molecule has 1 aliphatic rings. The van der Waals surface area contributed by atoms with Crippen molar-refractivity contribution in [3.05, 3.63) is 34.3 Å². The topological polar surface area (TPSA) is 75.4 Å². The van der Waals surface area contributed by atoms with Gasteiger partial charge < -0.3 is 5.73 Å². The Morgan fingerprint density at radius 3 is 2.75 bits per heavy atom. The Kier molecular flexibility index (Phi) is 4.91. The minimum absolute atomic E-state index is 0.162. The Bertz CT molecular complexity index is 521. The smallest absolute Gasteiger partial charge is 0.243 e. The highest BCUT2D eigenvalue weighted by molar-refractivity contribution is 9.10. The van der Waals surface area contributed by atoms with Crippen molar-refractivity contribution in [2.45, 2.75) is 25.4 Å². The second-order valence-electron chi connectivity index (χ2n) is 4.78. The number of carbonyl (C=O) groups excluding carboxylic acids is 2. The Morgan fingerprint density at radius 1 is 1.45 bits per heavy atom. The third-order valence-corrected chi connectivity index (χ3v) is 4.29. The predicted molar refractivity (Wildman–Crippen MR) is 79.9 cm³/mol. The van der Waals surface area contributed by atoms with Crippen molar-refractivity contribution in [1.82, 2.24) is 10.2 Å². The molecule has 2 rings (SSSR count). The van der Waals surface area contributed by atoms with Crippen molar-refractivity contribution in [2.24, 2.45) is 5.73 Å². The molecule has 20 heavy (non-hydrogen) atoms. The lowest BCUT2D eigenvalue weighted by Gasteiger charge is -2.39. The Hall–Kier alpha value is -1.24. The largest absolute Gasteiger partial charge is 0.329 e. The summed E-state index contributed by atoms with van der Waals surface area (Å²) < 4.78 is 0.934. The van der Waals surface area contributed by atoms with Crippen LogP contribution in [0.15, 0.2) is 28.7 Å². The van der Waals surface area contributed by atoms with Gasteiger partial charge in [0.25, 0.3) is 0 Å². The number of carbonyl (C=O) groups is 2. The number of benzene rings is 1. The van der Waals surface area contributed by atoms with E-state index < -0.39 is 0 Å². The SMILES string of the molecule is CCC1C(=O)NC(=O)CN1C(CN)c1ccccc1Br. The zero-order chi connectivity index (χ0) is 14.7. The van der Waals surface area contributed by atoms with Gasteiger partial charge in [0.05, 0.1) is 12.6 Å². The van der Waals surface area contributed by atoms with Gasteiger partial charge in [-0.15, -0.1) is 0 Å². The molecule has 2 amide bonds. The number of nitrogens with one attached hydrogen (secondary N) is 1. The van der Waals surface area contributed by atoms with Crippen LogP contribution in [0.25, 0.3) is 0 Å². The van der Waals surface area contributed by atoms with Crippen molar-refractivity contribution in [3.8, 4) is 0 Å². The Morgan fingerprint density at radius 2 is 2.15 bits per heavy atom. The molecule has 0 aliphatic carbocycles. The Balaban J connectivity index is 2.36. The van der Waals surface area contributed by atoms with Crippen molar-refractivity contribution in [3.63, 3.8) is 0 Å². The molecule has 1 aromatic carbocycles. The fourth-order valence-corrected chi connectivity index (χ4v) is 3.17. The van der Waals surface area contributed by atoms with Gasteiger partial charge in [-0.3, -0.25) is 19.8 Å². The standard InChI is InChI=1S/C14H18BrN3O2/c1-2-11-14(20)17-13(19)8-18(11)12(7-16)9-5-3-4-6-10(9)15/h3-6,11-12H,2,7-8,16H2,1H3,(H,17,19,20). The van der Waals surface area contributed by atoms with E-state index >= 15 is 0 Å². The van der Waals surface area contributed by atoms with Crippen molar-refractivity contribution >= 4 is 27.7 Å². The highest BCUT2D eigenvalue weighted by Crippen LogP contribution is 2.30. The van der Waals surface area contributed by atoms with E-state index in [1.807, 2.05) is 36.1 Å². The molecule has 108 valence electrons. The van der Waals surface area contributed by atoms with Gasteiger partial charge >= 0.3 is 0 Å². The van der Waals surface area contributed by atoms with Gasteiger partial charge in [-0.25, -0.2) is 0 Å². The van der Waals surface area contributed by atoms with Crippen LogP contribution >= 0.6 is 15.9 Å². The van der Waals surface area contributed by atoms with Crippen molar-refractivity contribution in [2.75, 3.05) is 13.1 Å². The van der Waals surface area contributed by atoms with Crippen LogP contribution in [0, 0.1) is 0 Å². The summed E-state index contributed by atoms with van der Waals surface area (Å²) in [5.74, 6) is -0.514. The first-order valence-electron chi connectivity index (χ1n) is 6.62. The predicted octanol–water partition coefficient (Wildman–Crippen LogP) is 1.19. The lowest BCUT2D eigenvalue weighted by Crippen LogP contribution is -2.59. The second kappa shape index (κ2) is 6.47. The molecule has 0 aromatic heterocycles. The first-order valence-corrected chi connectivity index (χ1v) is 7.41. The highest BCUT2D eigenvalue weighted by atomic mass is 79.9. The van der Waals surface area contributed by atoms with E-state index in [1.54, 1.807) is 0 Å². The van der Waals surface area contributed by atoms with E-state index in [2.05, 4.69) is 21.2 Å². The molecular formula is C14H18BrN3O2. The van der Waals surface area contributed by atoms with Crippen LogP contribution in [0.5, 0.6) is 0 Å². The maximum Gasteiger partial charge on any atom is 0.243 e. The number of nitrogens with two attached hydrogens (primary N) is 1. The van der Waals surface area contributed by atoms with E-state index in [4.69, 9.17) is 5.73 Å². The lowest BCUT2D eigenvalue weighted by atomic mass is 10.00. The van der Waals surface area contributed by atoms with Gasteiger partial charge in [-0.1, -0.05) is 41.1 Å². The van der Waals surface area contributed by atoms with E-state index in [-0.39, 0.29) is 30.4 Å². The van der Waals surface area contributed by atoms with Gasteiger partial charge in [0.1, 0.15) is 0 Å². The molecular weight excluding hydrogens is 322 g/mol. The molecule has 2 unspecified atom stereocenters. The number of piperazine rings is 1. The first-order chi connectivity index (χ1) is 9.58. The average Bonchev–Trinajstić information content (AvgIpc) is 2.41. The maximum atomic E-state index is 12.0. The fraction of sp³-hybridized carbons (Fsp3) is 0.429. The van der Waals surface area contributed by atoms with Crippen LogP contribution in [-0.2, 0) is 9.59 Å².